The Kier molecular flexibility index (Phi) is 8.11. The second kappa shape index (κ2) is 10.8. The molecule has 6 heteroatoms. The Balaban J connectivity index is 1.26. The molecular formula is C20H33N5S. The largest absolute Gasteiger partial charge is 0.370 e. The molecule has 0 amide bonds. The first-order chi connectivity index (χ1) is 12.8. The molecule has 26 heavy (non-hydrogen) atoms. The summed E-state index contributed by atoms with van der Waals surface area (Å²) in [6, 6.07) is 10.8. The Morgan fingerprint density at radius 2 is 1.62 bits per heavy atom. The molecule has 144 valence electrons. The average molecular weight is 376 g/mol. The quantitative estimate of drug-likeness (QED) is 0.448. The summed E-state index contributed by atoms with van der Waals surface area (Å²) in [4.78, 5) is 12.0. The van der Waals surface area contributed by atoms with Crippen LogP contribution in [0.1, 0.15) is 18.4 Å². The fourth-order valence-corrected chi connectivity index (χ4v) is 4.45. The Morgan fingerprint density at radius 3 is 2.35 bits per heavy atom. The van der Waals surface area contributed by atoms with E-state index in [2.05, 4.69) is 50.0 Å². The molecule has 0 atom stereocenters. The third-order valence-electron chi connectivity index (χ3n) is 5.21. The SMILES string of the molecule is NC(=NCCCCN1CCN(Cc2ccccc2)CC1)N1CCSCC1. The fourth-order valence-electron chi connectivity index (χ4n) is 3.55. The third-order valence-corrected chi connectivity index (χ3v) is 6.15. The van der Waals surface area contributed by atoms with Crippen molar-refractivity contribution in [3.8, 4) is 0 Å². The number of hydrogen-bond acceptors (Lipinski definition) is 4. The number of aliphatic imine (C=N–C) groups is 1. The summed E-state index contributed by atoms with van der Waals surface area (Å²) in [6.45, 7) is 9.95. The van der Waals surface area contributed by atoms with Crippen molar-refractivity contribution in [2.45, 2.75) is 19.4 Å². The molecule has 0 radical (unpaired) electrons. The van der Waals surface area contributed by atoms with Crippen LogP contribution in [-0.2, 0) is 6.54 Å². The molecule has 1 aromatic rings. The van der Waals surface area contributed by atoms with Gasteiger partial charge in [0.05, 0.1) is 0 Å². The number of nitrogens with zero attached hydrogens (tertiary/aromatic N) is 4. The summed E-state index contributed by atoms with van der Waals surface area (Å²) in [5, 5.41) is 0. The molecule has 2 heterocycles. The van der Waals surface area contributed by atoms with Gasteiger partial charge in [-0.15, -0.1) is 0 Å². The molecule has 2 fully saturated rings. The zero-order valence-electron chi connectivity index (χ0n) is 15.9. The lowest BCUT2D eigenvalue weighted by atomic mass is 10.2. The molecule has 0 saturated carbocycles. The fraction of sp³-hybridized carbons (Fsp3) is 0.650. The van der Waals surface area contributed by atoms with Gasteiger partial charge in [-0.2, -0.15) is 11.8 Å². The first-order valence-electron chi connectivity index (χ1n) is 9.92. The van der Waals surface area contributed by atoms with Gasteiger partial charge in [-0.05, 0) is 24.9 Å². The van der Waals surface area contributed by atoms with Crippen LogP contribution in [0.5, 0.6) is 0 Å². The van der Waals surface area contributed by atoms with E-state index in [4.69, 9.17) is 5.73 Å². The third kappa shape index (κ3) is 6.49. The minimum atomic E-state index is 0.750. The Hall–Kier alpha value is -1.24. The van der Waals surface area contributed by atoms with Crippen molar-refractivity contribution >= 4 is 17.7 Å². The monoisotopic (exact) mass is 375 g/mol. The van der Waals surface area contributed by atoms with Crippen LogP contribution in [0, 0.1) is 0 Å². The van der Waals surface area contributed by atoms with E-state index in [0.717, 1.165) is 38.6 Å². The summed E-state index contributed by atoms with van der Waals surface area (Å²) in [5.74, 6) is 3.10. The summed E-state index contributed by atoms with van der Waals surface area (Å²) in [7, 11) is 0. The van der Waals surface area contributed by atoms with E-state index in [9.17, 15) is 0 Å². The topological polar surface area (TPSA) is 48.1 Å². The number of hydrogen-bond donors (Lipinski definition) is 1. The summed E-state index contributed by atoms with van der Waals surface area (Å²) < 4.78 is 0. The maximum atomic E-state index is 6.10. The van der Waals surface area contributed by atoms with Crippen LogP contribution in [0.3, 0.4) is 0 Å². The molecule has 3 rings (SSSR count). The molecule has 2 aliphatic rings. The predicted octanol–water partition coefficient (Wildman–Crippen LogP) is 1.95. The van der Waals surface area contributed by atoms with Gasteiger partial charge in [0.2, 0.25) is 0 Å². The van der Waals surface area contributed by atoms with Gasteiger partial charge in [-0.1, -0.05) is 30.3 Å². The maximum Gasteiger partial charge on any atom is 0.191 e. The van der Waals surface area contributed by atoms with Crippen molar-refractivity contribution in [2.75, 3.05) is 63.9 Å². The van der Waals surface area contributed by atoms with Crippen molar-refractivity contribution in [1.29, 1.82) is 0 Å². The molecule has 0 unspecified atom stereocenters. The van der Waals surface area contributed by atoms with Crippen LogP contribution in [0.25, 0.3) is 0 Å². The lowest BCUT2D eigenvalue weighted by Gasteiger charge is -2.34. The van der Waals surface area contributed by atoms with Crippen LogP contribution in [0.4, 0.5) is 0 Å². The standard InChI is InChI=1S/C20H33N5S/c21-20(25-14-16-26-17-15-25)22-8-4-5-9-23-10-12-24(13-11-23)18-19-6-2-1-3-7-19/h1-3,6-7H,4-5,8-18H2,(H2,21,22). The van der Waals surface area contributed by atoms with E-state index in [-0.39, 0.29) is 0 Å². The summed E-state index contributed by atoms with van der Waals surface area (Å²) in [6.07, 6.45) is 2.35. The second-order valence-corrected chi connectivity index (χ2v) is 8.37. The van der Waals surface area contributed by atoms with Gasteiger partial charge in [0.25, 0.3) is 0 Å². The van der Waals surface area contributed by atoms with Crippen molar-refractivity contribution in [2.24, 2.45) is 10.7 Å². The van der Waals surface area contributed by atoms with E-state index in [1.807, 2.05) is 11.8 Å². The molecule has 2 N–H and O–H groups in total. The normalized spacial score (nSPS) is 20.5. The zero-order valence-corrected chi connectivity index (χ0v) is 16.7. The highest BCUT2D eigenvalue weighted by molar-refractivity contribution is 7.99. The minimum absolute atomic E-state index is 0.750. The first kappa shape index (κ1) is 19.5. The molecule has 1 aromatic carbocycles. The second-order valence-electron chi connectivity index (χ2n) is 7.15. The maximum absolute atomic E-state index is 6.10. The highest BCUT2D eigenvalue weighted by atomic mass is 32.2. The Labute approximate surface area is 162 Å². The number of guanidine groups is 1. The van der Waals surface area contributed by atoms with Gasteiger partial charge >= 0.3 is 0 Å². The van der Waals surface area contributed by atoms with Crippen molar-refractivity contribution < 1.29 is 0 Å². The molecule has 0 spiro atoms. The van der Waals surface area contributed by atoms with E-state index in [1.165, 1.54) is 56.2 Å². The predicted molar refractivity (Wildman–Crippen MR) is 113 cm³/mol. The molecule has 2 saturated heterocycles. The number of piperazine rings is 1. The van der Waals surface area contributed by atoms with Gasteiger partial charge in [-0.25, -0.2) is 0 Å². The number of rotatable bonds is 7. The highest BCUT2D eigenvalue weighted by Crippen LogP contribution is 2.10. The van der Waals surface area contributed by atoms with E-state index in [1.54, 1.807) is 0 Å². The van der Waals surface area contributed by atoms with Crippen LogP contribution in [-0.4, -0.2) is 84.5 Å². The van der Waals surface area contributed by atoms with Crippen molar-refractivity contribution in [1.82, 2.24) is 14.7 Å². The molecule has 0 bridgehead atoms. The van der Waals surface area contributed by atoms with Crippen LogP contribution in [0.15, 0.2) is 35.3 Å². The highest BCUT2D eigenvalue weighted by Gasteiger charge is 2.16. The van der Waals surface area contributed by atoms with Gasteiger partial charge in [0.15, 0.2) is 5.96 Å². The van der Waals surface area contributed by atoms with Crippen LogP contribution in [0.2, 0.25) is 0 Å². The Bertz CT molecular complexity index is 536. The van der Waals surface area contributed by atoms with E-state index < -0.39 is 0 Å². The number of nitrogens with two attached hydrogens (primary N) is 1. The van der Waals surface area contributed by atoms with Gasteiger partial charge in [0.1, 0.15) is 0 Å². The summed E-state index contributed by atoms with van der Waals surface area (Å²) >= 11 is 2.00. The number of thioether (sulfide) groups is 1. The van der Waals surface area contributed by atoms with Crippen LogP contribution < -0.4 is 5.73 Å². The lowest BCUT2D eigenvalue weighted by molar-refractivity contribution is 0.126. The first-order valence-corrected chi connectivity index (χ1v) is 11.1. The molecule has 0 aromatic heterocycles. The van der Waals surface area contributed by atoms with Gasteiger partial charge in [-0.3, -0.25) is 9.89 Å². The number of unbranched alkanes of at least 4 members (excludes halogenated alkanes) is 1. The Morgan fingerprint density at radius 1 is 0.923 bits per heavy atom. The lowest BCUT2D eigenvalue weighted by Crippen LogP contribution is -2.46. The molecular weight excluding hydrogens is 342 g/mol. The average Bonchev–Trinajstić information content (AvgIpc) is 2.70. The summed E-state index contributed by atoms with van der Waals surface area (Å²) in [5.41, 5.74) is 7.52. The van der Waals surface area contributed by atoms with E-state index in [0.29, 0.717) is 0 Å². The minimum Gasteiger partial charge on any atom is -0.370 e. The van der Waals surface area contributed by atoms with Gasteiger partial charge < -0.3 is 15.5 Å². The van der Waals surface area contributed by atoms with Crippen LogP contribution >= 0.6 is 11.8 Å². The molecule has 5 nitrogen and oxygen atoms in total. The smallest absolute Gasteiger partial charge is 0.191 e. The zero-order chi connectivity index (χ0) is 18.0. The van der Waals surface area contributed by atoms with Crippen molar-refractivity contribution in [3.05, 3.63) is 35.9 Å². The van der Waals surface area contributed by atoms with Crippen molar-refractivity contribution in [3.63, 3.8) is 0 Å². The van der Waals surface area contributed by atoms with Gasteiger partial charge in [0, 0.05) is 63.9 Å². The number of benzene rings is 1. The molecule has 0 aliphatic carbocycles. The molecule has 2 aliphatic heterocycles. The van der Waals surface area contributed by atoms with E-state index >= 15 is 0 Å².